The number of nitrogens with one attached hydrogen (secondary N) is 1. The van der Waals surface area contributed by atoms with Crippen molar-refractivity contribution in [2.24, 2.45) is 0 Å². The molecule has 0 aliphatic rings. The molecule has 0 aliphatic heterocycles. The van der Waals surface area contributed by atoms with E-state index in [1.807, 2.05) is 6.92 Å². The molecule has 0 amide bonds. The van der Waals surface area contributed by atoms with Crippen LogP contribution in [0.15, 0.2) is 18.2 Å². The molecule has 3 N–H and O–H groups in total. The highest BCUT2D eigenvalue weighted by atomic mass is 35.5. The van der Waals surface area contributed by atoms with E-state index in [-0.39, 0.29) is 23.0 Å². The van der Waals surface area contributed by atoms with Crippen LogP contribution in [0.3, 0.4) is 0 Å². The molecule has 2 rings (SSSR count). The maximum Gasteiger partial charge on any atom is 0.233 e. The average Bonchev–Trinajstić information content (AvgIpc) is 2.22. The van der Waals surface area contributed by atoms with Gasteiger partial charge in [0, 0.05) is 5.69 Å². The molecule has 88 valence electrons. The third kappa shape index (κ3) is 2.79. The second kappa shape index (κ2) is 4.50. The predicted octanol–water partition coefficient (Wildman–Crippen LogP) is 2.30. The van der Waals surface area contributed by atoms with Gasteiger partial charge in [0.2, 0.25) is 17.2 Å². The number of hydrogen-bond donors (Lipinski definition) is 2. The fourth-order valence-corrected chi connectivity index (χ4v) is 1.44. The largest absolute Gasteiger partial charge is 0.368 e. The monoisotopic (exact) mass is 253 g/mol. The molecule has 1 aromatic heterocycles. The first-order valence-electron chi connectivity index (χ1n) is 4.75. The van der Waals surface area contributed by atoms with Crippen LogP contribution >= 0.6 is 11.6 Å². The summed E-state index contributed by atoms with van der Waals surface area (Å²) in [6.07, 6.45) is 0. The van der Waals surface area contributed by atoms with Gasteiger partial charge in [0.25, 0.3) is 0 Å². The Bertz CT molecular complexity index is 540. The topological polar surface area (TPSA) is 76.7 Å². The van der Waals surface area contributed by atoms with Crippen molar-refractivity contribution in [1.82, 2.24) is 15.0 Å². The Morgan fingerprint density at radius 1 is 1.29 bits per heavy atom. The van der Waals surface area contributed by atoms with E-state index in [4.69, 9.17) is 17.3 Å². The lowest BCUT2D eigenvalue weighted by Crippen LogP contribution is -2.04. The van der Waals surface area contributed by atoms with Gasteiger partial charge in [0.15, 0.2) is 0 Å². The molecule has 0 atom stereocenters. The molecule has 17 heavy (non-hydrogen) atoms. The fourth-order valence-electron chi connectivity index (χ4n) is 1.27. The maximum absolute atomic E-state index is 13.1. The number of hydrogen-bond acceptors (Lipinski definition) is 5. The van der Waals surface area contributed by atoms with E-state index in [1.54, 1.807) is 6.07 Å². The molecule has 0 unspecified atom stereocenters. The van der Waals surface area contributed by atoms with Gasteiger partial charge in [-0.1, -0.05) is 6.07 Å². The number of nitrogen functional groups attached to an aromatic ring is 1. The predicted molar refractivity (Wildman–Crippen MR) is 63.7 cm³/mol. The summed E-state index contributed by atoms with van der Waals surface area (Å²) < 4.78 is 13.1. The lowest BCUT2D eigenvalue weighted by molar-refractivity contribution is 0.628. The third-order valence-electron chi connectivity index (χ3n) is 2.07. The van der Waals surface area contributed by atoms with Crippen LogP contribution in [-0.2, 0) is 0 Å². The zero-order valence-electron chi connectivity index (χ0n) is 8.91. The van der Waals surface area contributed by atoms with Gasteiger partial charge in [-0.25, -0.2) is 4.39 Å². The summed E-state index contributed by atoms with van der Waals surface area (Å²) >= 11 is 5.63. The van der Waals surface area contributed by atoms with E-state index >= 15 is 0 Å². The minimum Gasteiger partial charge on any atom is -0.368 e. The Kier molecular flexibility index (Phi) is 3.06. The number of benzene rings is 1. The Morgan fingerprint density at radius 2 is 2.06 bits per heavy atom. The minimum atomic E-state index is -0.355. The second-order valence-electron chi connectivity index (χ2n) is 3.37. The van der Waals surface area contributed by atoms with E-state index < -0.39 is 0 Å². The first-order chi connectivity index (χ1) is 8.04. The Morgan fingerprint density at radius 3 is 2.76 bits per heavy atom. The van der Waals surface area contributed by atoms with Gasteiger partial charge < -0.3 is 11.1 Å². The van der Waals surface area contributed by atoms with E-state index in [0.29, 0.717) is 5.69 Å². The number of halogens is 2. The lowest BCUT2D eigenvalue weighted by atomic mass is 10.2. The van der Waals surface area contributed by atoms with Crippen LogP contribution in [0, 0.1) is 12.7 Å². The summed E-state index contributed by atoms with van der Waals surface area (Å²) in [5.41, 5.74) is 6.82. The second-order valence-corrected chi connectivity index (χ2v) is 3.71. The van der Waals surface area contributed by atoms with Crippen molar-refractivity contribution in [3.8, 4) is 0 Å². The van der Waals surface area contributed by atoms with Gasteiger partial charge in [0.1, 0.15) is 5.82 Å². The van der Waals surface area contributed by atoms with Crippen molar-refractivity contribution < 1.29 is 4.39 Å². The minimum absolute atomic E-state index is 0.00144. The number of aromatic nitrogens is 3. The van der Waals surface area contributed by atoms with Crippen molar-refractivity contribution in [2.75, 3.05) is 11.1 Å². The third-order valence-corrected chi connectivity index (χ3v) is 2.24. The SMILES string of the molecule is Cc1ccc(F)cc1Nc1nc(N)nc(Cl)n1. The summed E-state index contributed by atoms with van der Waals surface area (Å²) in [5, 5.41) is 2.81. The Labute approximate surface area is 102 Å². The number of nitrogens with two attached hydrogens (primary N) is 1. The van der Waals surface area contributed by atoms with Crippen LogP contribution < -0.4 is 11.1 Å². The van der Waals surface area contributed by atoms with Gasteiger partial charge >= 0.3 is 0 Å². The summed E-state index contributed by atoms with van der Waals surface area (Å²) in [4.78, 5) is 11.3. The van der Waals surface area contributed by atoms with Gasteiger partial charge in [-0.3, -0.25) is 0 Å². The van der Waals surface area contributed by atoms with Gasteiger partial charge in [-0.2, -0.15) is 15.0 Å². The summed E-state index contributed by atoms with van der Waals surface area (Å²) in [5.74, 6) is -0.177. The van der Waals surface area contributed by atoms with E-state index in [2.05, 4.69) is 20.3 Å². The van der Waals surface area contributed by atoms with Crippen LogP contribution in [0.25, 0.3) is 0 Å². The Hall–Kier alpha value is -1.95. The van der Waals surface area contributed by atoms with Gasteiger partial charge in [-0.15, -0.1) is 0 Å². The van der Waals surface area contributed by atoms with Gasteiger partial charge in [-0.05, 0) is 36.2 Å². The summed E-state index contributed by atoms with van der Waals surface area (Å²) in [6.45, 7) is 1.83. The number of aryl methyl sites for hydroxylation is 1. The van der Waals surface area contributed by atoms with E-state index in [1.165, 1.54) is 12.1 Å². The molecule has 0 bridgehead atoms. The van der Waals surface area contributed by atoms with Crippen molar-refractivity contribution in [1.29, 1.82) is 0 Å². The zero-order chi connectivity index (χ0) is 12.4. The Balaban J connectivity index is 2.34. The molecule has 1 aromatic carbocycles. The normalized spacial score (nSPS) is 10.3. The van der Waals surface area contributed by atoms with Gasteiger partial charge in [0.05, 0.1) is 0 Å². The zero-order valence-corrected chi connectivity index (χ0v) is 9.66. The van der Waals surface area contributed by atoms with Crippen molar-refractivity contribution in [2.45, 2.75) is 6.92 Å². The summed E-state index contributed by atoms with van der Waals surface area (Å²) in [7, 11) is 0. The standard InChI is InChI=1S/C10H9ClFN5/c1-5-2-3-6(12)4-7(5)14-10-16-8(11)15-9(13)17-10/h2-4H,1H3,(H3,13,14,15,16,17). The lowest BCUT2D eigenvalue weighted by Gasteiger charge is -2.08. The first-order valence-corrected chi connectivity index (χ1v) is 5.12. The smallest absolute Gasteiger partial charge is 0.233 e. The first kappa shape index (κ1) is 11.5. The number of anilines is 3. The van der Waals surface area contributed by atoms with Crippen molar-refractivity contribution in [3.05, 3.63) is 34.9 Å². The summed E-state index contributed by atoms with van der Waals surface area (Å²) in [6, 6.07) is 4.35. The highest BCUT2D eigenvalue weighted by Gasteiger charge is 2.05. The molecule has 0 radical (unpaired) electrons. The molecule has 7 heteroatoms. The highest BCUT2D eigenvalue weighted by Crippen LogP contribution is 2.20. The number of nitrogens with zero attached hydrogens (tertiary/aromatic N) is 3. The van der Waals surface area contributed by atoms with Crippen molar-refractivity contribution >= 4 is 29.2 Å². The highest BCUT2D eigenvalue weighted by molar-refractivity contribution is 6.28. The van der Waals surface area contributed by atoms with Crippen LogP contribution in [0.2, 0.25) is 5.28 Å². The molecule has 2 aromatic rings. The maximum atomic E-state index is 13.1. The van der Waals surface area contributed by atoms with Crippen LogP contribution in [0.1, 0.15) is 5.56 Å². The van der Waals surface area contributed by atoms with E-state index in [9.17, 15) is 4.39 Å². The van der Waals surface area contributed by atoms with Crippen molar-refractivity contribution in [3.63, 3.8) is 0 Å². The number of rotatable bonds is 2. The molecular formula is C10H9ClFN5. The van der Waals surface area contributed by atoms with Crippen LogP contribution in [-0.4, -0.2) is 15.0 Å². The molecule has 0 saturated heterocycles. The molecule has 0 spiro atoms. The van der Waals surface area contributed by atoms with Crippen LogP contribution in [0.4, 0.5) is 22.0 Å². The van der Waals surface area contributed by atoms with Crippen LogP contribution in [0.5, 0.6) is 0 Å². The quantitative estimate of drug-likeness (QED) is 0.859. The fraction of sp³-hybridized carbons (Fsp3) is 0.100. The molecule has 1 heterocycles. The molecular weight excluding hydrogens is 245 g/mol. The van der Waals surface area contributed by atoms with E-state index in [0.717, 1.165) is 5.56 Å². The average molecular weight is 254 g/mol. The molecule has 0 fully saturated rings. The molecule has 5 nitrogen and oxygen atoms in total. The molecule has 0 aliphatic carbocycles. The molecule has 0 saturated carbocycles.